The Bertz CT molecular complexity index is 755. The van der Waals surface area contributed by atoms with E-state index in [1.165, 1.54) is 12.3 Å². The number of carbonyl (C=O) groups is 1. The topological polar surface area (TPSA) is 61.7 Å². The molecule has 1 fully saturated rings. The van der Waals surface area contributed by atoms with Crippen molar-refractivity contribution in [2.75, 3.05) is 0 Å². The van der Waals surface area contributed by atoms with Gasteiger partial charge in [0.15, 0.2) is 0 Å². The number of aromatic hydroxyl groups is 1. The summed E-state index contributed by atoms with van der Waals surface area (Å²) in [6.07, 6.45) is -7.77. The van der Waals surface area contributed by atoms with Gasteiger partial charge in [0.2, 0.25) is 0 Å². The van der Waals surface area contributed by atoms with Gasteiger partial charge in [0, 0.05) is 23.9 Å². The number of para-hydroxylation sites is 1. The van der Waals surface area contributed by atoms with E-state index in [0.717, 1.165) is 0 Å². The number of ketones is 1. The number of hydrogen-bond donors (Lipinski definition) is 2. The average molecular weight is 408 g/mol. The fourth-order valence-electron chi connectivity index (χ4n) is 2.85. The molecule has 0 heterocycles. The Morgan fingerprint density at radius 2 is 1.71 bits per heavy atom. The van der Waals surface area contributed by atoms with Gasteiger partial charge in [-0.05, 0) is 25.0 Å². The number of phenolic OH excluding ortho intramolecular Hbond substituents is 1. The molecule has 0 amide bonds. The largest absolute Gasteiger partial charge is 0.507 e. The van der Waals surface area contributed by atoms with E-state index in [0.29, 0.717) is 24.8 Å². The number of halogens is 6. The van der Waals surface area contributed by atoms with Crippen LogP contribution in [0.4, 0.5) is 26.3 Å². The maximum atomic E-state index is 13.1. The maximum absolute atomic E-state index is 13.1. The van der Waals surface area contributed by atoms with Crippen LogP contribution < -0.4 is 5.32 Å². The lowest BCUT2D eigenvalue weighted by atomic mass is 9.90. The van der Waals surface area contributed by atoms with E-state index < -0.39 is 42.0 Å². The van der Waals surface area contributed by atoms with Crippen molar-refractivity contribution in [2.45, 2.75) is 50.1 Å². The van der Waals surface area contributed by atoms with Crippen molar-refractivity contribution >= 4 is 12.0 Å². The van der Waals surface area contributed by atoms with Gasteiger partial charge in [0.25, 0.3) is 5.78 Å². The molecule has 2 atom stereocenters. The van der Waals surface area contributed by atoms with Crippen LogP contribution in [0.3, 0.4) is 0 Å². The summed E-state index contributed by atoms with van der Waals surface area (Å²) in [5, 5.41) is 11.8. The zero-order chi connectivity index (χ0) is 20.9. The van der Waals surface area contributed by atoms with Crippen LogP contribution in [-0.4, -0.2) is 41.5 Å². The highest BCUT2D eigenvalue weighted by Crippen LogP contribution is 2.29. The first-order valence-corrected chi connectivity index (χ1v) is 8.46. The Balaban J connectivity index is 2.22. The van der Waals surface area contributed by atoms with E-state index >= 15 is 0 Å². The van der Waals surface area contributed by atoms with Gasteiger partial charge in [0.1, 0.15) is 11.4 Å². The minimum atomic E-state index is -5.40. The molecule has 28 heavy (non-hydrogen) atoms. The Kier molecular flexibility index (Phi) is 6.73. The zero-order valence-corrected chi connectivity index (χ0v) is 14.5. The maximum Gasteiger partial charge on any atom is 0.454 e. The number of allylic oxidation sites excluding steroid dienone is 2. The summed E-state index contributed by atoms with van der Waals surface area (Å²) in [6.45, 7) is 0. The highest BCUT2D eigenvalue weighted by Gasteiger charge is 2.42. The van der Waals surface area contributed by atoms with Crippen LogP contribution in [0, 0.1) is 0 Å². The molecular formula is C18H18F6N2O2. The third-order valence-electron chi connectivity index (χ3n) is 4.27. The molecule has 2 N–H and O–H groups in total. The van der Waals surface area contributed by atoms with Gasteiger partial charge in [-0.15, -0.1) is 0 Å². The number of benzene rings is 1. The van der Waals surface area contributed by atoms with Crippen LogP contribution in [0.1, 0.15) is 31.2 Å². The van der Waals surface area contributed by atoms with E-state index in [4.69, 9.17) is 0 Å². The molecule has 0 bridgehead atoms. The van der Waals surface area contributed by atoms with Gasteiger partial charge in [-0.2, -0.15) is 26.3 Å². The molecule has 2 rings (SSSR count). The second-order valence-electron chi connectivity index (χ2n) is 6.36. The standard InChI is InChI=1S/C18H18F6N2O2/c19-17(20,21)15(9-16(28)18(22,23)24)26-13-7-3-2-6-12(13)25-10-11-5-1-4-8-14(11)27/h1,4-5,8-10,12-13,26-27H,2-3,6-7H2/b15-9+,25-10?/t12-,13-/m1/s1. The third kappa shape index (κ3) is 6.00. The summed E-state index contributed by atoms with van der Waals surface area (Å²) in [5.41, 5.74) is -1.38. The predicted molar refractivity (Wildman–Crippen MR) is 90.1 cm³/mol. The van der Waals surface area contributed by atoms with E-state index in [-0.39, 0.29) is 12.2 Å². The molecular weight excluding hydrogens is 390 g/mol. The summed E-state index contributed by atoms with van der Waals surface area (Å²) in [4.78, 5) is 15.2. The summed E-state index contributed by atoms with van der Waals surface area (Å²) in [7, 11) is 0. The number of alkyl halides is 6. The quantitative estimate of drug-likeness (QED) is 0.434. The molecule has 0 aromatic heterocycles. The summed E-state index contributed by atoms with van der Waals surface area (Å²) < 4.78 is 76.5. The number of nitrogens with one attached hydrogen (secondary N) is 1. The van der Waals surface area contributed by atoms with E-state index in [2.05, 4.69) is 4.99 Å². The first-order valence-electron chi connectivity index (χ1n) is 8.46. The number of phenols is 1. The first kappa shape index (κ1) is 21.8. The lowest BCUT2D eigenvalue weighted by Crippen LogP contribution is -2.44. The molecule has 10 heteroatoms. The van der Waals surface area contributed by atoms with Gasteiger partial charge < -0.3 is 10.4 Å². The van der Waals surface area contributed by atoms with Gasteiger partial charge in [-0.1, -0.05) is 25.0 Å². The Morgan fingerprint density at radius 1 is 1.07 bits per heavy atom. The molecule has 0 aliphatic heterocycles. The Hall–Kier alpha value is -2.52. The fourth-order valence-corrected chi connectivity index (χ4v) is 2.85. The monoisotopic (exact) mass is 408 g/mol. The number of rotatable bonds is 5. The lowest BCUT2D eigenvalue weighted by molar-refractivity contribution is -0.166. The lowest BCUT2D eigenvalue weighted by Gasteiger charge is -2.31. The van der Waals surface area contributed by atoms with E-state index in [1.54, 1.807) is 18.2 Å². The highest BCUT2D eigenvalue weighted by molar-refractivity contribution is 5.95. The van der Waals surface area contributed by atoms with Crippen molar-refractivity contribution in [3.05, 3.63) is 41.6 Å². The number of hydrogen-bond acceptors (Lipinski definition) is 4. The van der Waals surface area contributed by atoms with Crippen molar-refractivity contribution in [2.24, 2.45) is 4.99 Å². The molecule has 154 valence electrons. The zero-order valence-electron chi connectivity index (χ0n) is 14.5. The molecule has 1 saturated carbocycles. The van der Waals surface area contributed by atoms with Crippen LogP contribution in [0.5, 0.6) is 5.75 Å². The summed E-state index contributed by atoms with van der Waals surface area (Å²) in [5.74, 6) is -2.64. The SMILES string of the molecule is O=C(/C=C(/N[C@@H]1CCCC[C@H]1N=Cc1ccccc1O)C(F)(F)F)C(F)(F)F. The molecule has 1 aromatic carbocycles. The molecule has 0 unspecified atom stereocenters. The second-order valence-corrected chi connectivity index (χ2v) is 6.36. The van der Waals surface area contributed by atoms with Crippen LogP contribution in [0.2, 0.25) is 0 Å². The van der Waals surface area contributed by atoms with E-state index in [9.17, 15) is 36.2 Å². The van der Waals surface area contributed by atoms with Crippen LogP contribution in [0.25, 0.3) is 0 Å². The minimum Gasteiger partial charge on any atom is -0.507 e. The van der Waals surface area contributed by atoms with E-state index in [1.807, 2.05) is 5.32 Å². The molecule has 0 spiro atoms. The van der Waals surface area contributed by atoms with Crippen molar-refractivity contribution in [1.82, 2.24) is 5.32 Å². The van der Waals surface area contributed by atoms with Gasteiger partial charge in [-0.25, -0.2) is 0 Å². The minimum absolute atomic E-state index is 0.0572. The number of carbonyl (C=O) groups excluding carboxylic acids is 1. The molecule has 1 aliphatic rings. The second kappa shape index (κ2) is 8.66. The summed E-state index contributed by atoms with van der Waals surface area (Å²) in [6, 6.07) is 4.67. The van der Waals surface area contributed by atoms with Crippen molar-refractivity contribution in [3.8, 4) is 5.75 Å². The number of nitrogens with zero attached hydrogens (tertiary/aromatic N) is 1. The van der Waals surface area contributed by atoms with Gasteiger partial charge in [-0.3, -0.25) is 9.79 Å². The van der Waals surface area contributed by atoms with Crippen molar-refractivity contribution in [1.29, 1.82) is 0 Å². The predicted octanol–water partition coefficient (Wildman–Crippen LogP) is 4.29. The van der Waals surface area contributed by atoms with Gasteiger partial charge in [0.05, 0.1) is 6.04 Å². The molecule has 0 saturated heterocycles. The smallest absolute Gasteiger partial charge is 0.454 e. The fraction of sp³-hybridized carbons (Fsp3) is 0.444. The van der Waals surface area contributed by atoms with Crippen LogP contribution >= 0.6 is 0 Å². The molecule has 4 nitrogen and oxygen atoms in total. The highest BCUT2D eigenvalue weighted by atomic mass is 19.4. The van der Waals surface area contributed by atoms with Gasteiger partial charge >= 0.3 is 12.4 Å². The Morgan fingerprint density at radius 3 is 2.32 bits per heavy atom. The average Bonchev–Trinajstić information content (AvgIpc) is 2.59. The third-order valence-corrected chi connectivity index (χ3v) is 4.27. The van der Waals surface area contributed by atoms with Crippen LogP contribution in [0.15, 0.2) is 41.0 Å². The van der Waals surface area contributed by atoms with Crippen LogP contribution in [-0.2, 0) is 4.79 Å². The van der Waals surface area contributed by atoms with Crippen molar-refractivity contribution in [3.63, 3.8) is 0 Å². The molecule has 1 aromatic rings. The number of aliphatic imine (C=N–C) groups is 1. The summed E-state index contributed by atoms with van der Waals surface area (Å²) >= 11 is 0. The molecule has 0 radical (unpaired) electrons. The Labute approximate surface area is 157 Å². The first-order chi connectivity index (χ1) is 13.0. The molecule has 1 aliphatic carbocycles. The normalized spacial score (nSPS) is 21.7. The van der Waals surface area contributed by atoms with Crippen molar-refractivity contribution < 1.29 is 36.2 Å².